The Kier molecular flexibility index (Phi) is 7.46. The van der Waals surface area contributed by atoms with Crippen molar-refractivity contribution in [2.24, 2.45) is 0 Å². The molecule has 2 aromatic rings. The first kappa shape index (κ1) is 23.0. The zero-order chi connectivity index (χ0) is 22.4. The van der Waals surface area contributed by atoms with Crippen LogP contribution in [-0.2, 0) is 14.8 Å². The van der Waals surface area contributed by atoms with E-state index in [4.69, 9.17) is 0 Å². The molecule has 0 unspecified atom stereocenters. The average Bonchev–Trinajstić information content (AvgIpc) is 2.79. The standard InChI is InChI=1S/C23H29N3O4S/c1-3-22(27)24-19-9-7-8-17(16-19)23(28)25-18-12-14-21(15-13-18)31(29,30)26(2)20-10-5-4-6-11-20/h7-9,12-16,20H,3-6,10-11H2,1-2H3,(H,24,27)(H,25,28). The highest BCUT2D eigenvalue weighted by molar-refractivity contribution is 7.89. The predicted molar refractivity (Wildman–Crippen MR) is 122 cm³/mol. The minimum absolute atomic E-state index is 0.0404. The van der Waals surface area contributed by atoms with Gasteiger partial charge in [0, 0.05) is 36.4 Å². The number of sulfonamides is 1. The second-order valence-corrected chi connectivity index (χ2v) is 9.77. The molecule has 0 saturated heterocycles. The highest BCUT2D eigenvalue weighted by Crippen LogP contribution is 2.27. The number of carbonyl (C=O) groups is 2. The second kappa shape index (κ2) is 10.1. The Labute approximate surface area is 183 Å². The molecule has 2 aromatic carbocycles. The van der Waals surface area contributed by atoms with Crippen LogP contribution in [0.2, 0.25) is 0 Å². The SMILES string of the molecule is CCC(=O)Nc1cccc(C(=O)Nc2ccc(S(=O)(=O)N(C)C3CCCCC3)cc2)c1. The van der Waals surface area contributed by atoms with E-state index in [0.717, 1.165) is 32.1 Å². The summed E-state index contributed by atoms with van der Waals surface area (Å²) in [5.74, 6) is -0.477. The fraction of sp³-hybridized carbons (Fsp3) is 0.391. The number of hydrogen-bond acceptors (Lipinski definition) is 4. The van der Waals surface area contributed by atoms with Crippen molar-refractivity contribution in [1.29, 1.82) is 0 Å². The van der Waals surface area contributed by atoms with Gasteiger partial charge in [-0.25, -0.2) is 8.42 Å². The van der Waals surface area contributed by atoms with Crippen molar-refractivity contribution in [2.75, 3.05) is 17.7 Å². The van der Waals surface area contributed by atoms with Crippen LogP contribution in [-0.4, -0.2) is 37.6 Å². The predicted octanol–water partition coefficient (Wildman–Crippen LogP) is 4.24. The summed E-state index contributed by atoms with van der Waals surface area (Å²) in [6.45, 7) is 1.75. The third-order valence-electron chi connectivity index (χ3n) is 5.61. The number of nitrogens with one attached hydrogen (secondary N) is 2. The van der Waals surface area contributed by atoms with Crippen LogP contribution in [0.5, 0.6) is 0 Å². The minimum atomic E-state index is -3.58. The van der Waals surface area contributed by atoms with E-state index in [9.17, 15) is 18.0 Å². The van der Waals surface area contributed by atoms with E-state index < -0.39 is 10.0 Å². The van der Waals surface area contributed by atoms with Gasteiger partial charge in [0.05, 0.1) is 4.90 Å². The van der Waals surface area contributed by atoms with Gasteiger partial charge in [-0.3, -0.25) is 9.59 Å². The summed E-state index contributed by atoms with van der Waals surface area (Å²) in [7, 11) is -1.93. The van der Waals surface area contributed by atoms with Crippen LogP contribution in [0.4, 0.5) is 11.4 Å². The lowest BCUT2D eigenvalue weighted by atomic mass is 9.96. The molecule has 0 bridgehead atoms. The molecule has 166 valence electrons. The summed E-state index contributed by atoms with van der Waals surface area (Å²) in [6, 6.07) is 12.9. The van der Waals surface area contributed by atoms with E-state index in [1.54, 1.807) is 50.4 Å². The first-order valence-electron chi connectivity index (χ1n) is 10.6. The molecule has 1 saturated carbocycles. The number of nitrogens with zero attached hydrogens (tertiary/aromatic N) is 1. The summed E-state index contributed by atoms with van der Waals surface area (Å²) in [4.78, 5) is 24.3. The molecule has 0 heterocycles. The molecule has 1 fully saturated rings. The first-order valence-corrected chi connectivity index (χ1v) is 12.0. The Morgan fingerprint density at radius 2 is 1.65 bits per heavy atom. The van der Waals surface area contributed by atoms with Crippen LogP contribution in [0.1, 0.15) is 55.8 Å². The summed E-state index contributed by atoms with van der Waals surface area (Å²) < 4.78 is 27.4. The molecule has 0 aliphatic heterocycles. The first-order chi connectivity index (χ1) is 14.8. The molecular weight excluding hydrogens is 414 g/mol. The Morgan fingerprint density at radius 1 is 0.968 bits per heavy atom. The monoisotopic (exact) mass is 443 g/mol. The van der Waals surface area contributed by atoms with Crippen LogP contribution < -0.4 is 10.6 Å². The van der Waals surface area contributed by atoms with E-state index in [2.05, 4.69) is 10.6 Å². The largest absolute Gasteiger partial charge is 0.326 e. The molecule has 1 aliphatic rings. The van der Waals surface area contributed by atoms with E-state index in [1.165, 1.54) is 16.4 Å². The smallest absolute Gasteiger partial charge is 0.255 e. The van der Waals surface area contributed by atoms with Crippen molar-refractivity contribution >= 4 is 33.2 Å². The lowest BCUT2D eigenvalue weighted by molar-refractivity contribution is -0.115. The maximum absolute atomic E-state index is 12.9. The number of benzene rings is 2. The fourth-order valence-corrected chi connectivity index (χ4v) is 5.12. The highest BCUT2D eigenvalue weighted by atomic mass is 32.2. The van der Waals surface area contributed by atoms with Crippen molar-refractivity contribution in [3.8, 4) is 0 Å². The highest BCUT2D eigenvalue weighted by Gasteiger charge is 2.28. The van der Waals surface area contributed by atoms with Gasteiger partial charge < -0.3 is 10.6 Å². The number of anilines is 2. The van der Waals surface area contributed by atoms with Crippen LogP contribution in [0.25, 0.3) is 0 Å². The molecule has 0 atom stereocenters. The summed E-state index contributed by atoms with van der Waals surface area (Å²) in [5.41, 5.74) is 1.43. The molecule has 2 N–H and O–H groups in total. The third-order valence-corrected chi connectivity index (χ3v) is 7.53. The summed E-state index contributed by atoms with van der Waals surface area (Å²) >= 11 is 0. The number of rotatable bonds is 7. The normalized spacial score (nSPS) is 14.9. The van der Waals surface area contributed by atoms with Crippen molar-refractivity contribution in [1.82, 2.24) is 4.31 Å². The molecule has 1 aliphatic carbocycles. The lowest BCUT2D eigenvalue weighted by Gasteiger charge is -2.30. The van der Waals surface area contributed by atoms with E-state index in [0.29, 0.717) is 23.4 Å². The third kappa shape index (κ3) is 5.71. The maximum Gasteiger partial charge on any atom is 0.255 e. The van der Waals surface area contributed by atoms with Gasteiger partial charge >= 0.3 is 0 Å². The minimum Gasteiger partial charge on any atom is -0.326 e. The van der Waals surface area contributed by atoms with Gasteiger partial charge in [-0.1, -0.05) is 32.3 Å². The van der Waals surface area contributed by atoms with Gasteiger partial charge in [0.2, 0.25) is 15.9 Å². The zero-order valence-electron chi connectivity index (χ0n) is 17.9. The maximum atomic E-state index is 12.9. The average molecular weight is 444 g/mol. The Morgan fingerprint density at radius 3 is 2.29 bits per heavy atom. The van der Waals surface area contributed by atoms with Gasteiger partial charge in [-0.15, -0.1) is 0 Å². The Bertz CT molecular complexity index is 1030. The zero-order valence-corrected chi connectivity index (χ0v) is 18.7. The van der Waals surface area contributed by atoms with Crippen LogP contribution in [0, 0.1) is 0 Å². The molecule has 0 aromatic heterocycles. The van der Waals surface area contributed by atoms with Crippen LogP contribution >= 0.6 is 0 Å². The Balaban J connectivity index is 1.68. The summed E-state index contributed by atoms with van der Waals surface area (Å²) in [5, 5.41) is 5.49. The van der Waals surface area contributed by atoms with Crippen LogP contribution in [0.3, 0.4) is 0 Å². The summed E-state index contributed by atoms with van der Waals surface area (Å²) in [6.07, 6.45) is 5.40. The number of amides is 2. The molecule has 0 radical (unpaired) electrons. The molecule has 31 heavy (non-hydrogen) atoms. The van der Waals surface area contributed by atoms with Gasteiger partial charge in [0.1, 0.15) is 0 Å². The quantitative estimate of drug-likeness (QED) is 0.669. The molecule has 0 spiro atoms. The van der Waals surface area contributed by atoms with Crippen molar-refractivity contribution in [2.45, 2.75) is 56.4 Å². The van der Waals surface area contributed by atoms with Crippen molar-refractivity contribution < 1.29 is 18.0 Å². The van der Waals surface area contributed by atoms with Crippen LogP contribution in [0.15, 0.2) is 53.4 Å². The van der Waals surface area contributed by atoms with E-state index in [-0.39, 0.29) is 22.8 Å². The van der Waals surface area contributed by atoms with Gasteiger partial charge in [0.25, 0.3) is 5.91 Å². The lowest BCUT2D eigenvalue weighted by Crippen LogP contribution is -2.38. The van der Waals surface area contributed by atoms with Crippen molar-refractivity contribution in [3.05, 3.63) is 54.1 Å². The van der Waals surface area contributed by atoms with Crippen molar-refractivity contribution in [3.63, 3.8) is 0 Å². The van der Waals surface area contributed by atoms with Gasteiger partial charge in [-0.05, 0) is 55.3 Å². The topological polar surface area (TPSA) is 95.6 Å². The molecular formula is C23H29N3O4S. The van der Waals surface area contributed by atoms with E-state index in [1.807, 2.05) is 0 Å². The molecule has 7 nitrogen and oxygen atoms in total. The van der Waals surface area contributed by atoms with Gasteiger partial charge in [-0.2, -0.15) is 4.31 Å². The molecule has 2 amide bonds. The fourth-order valence-electron chi connectivity index (χ4n) is 3.71. The molecule has 3 rings (SSSR count). The number of carbonyl (C=O) groups excluding carboxylic acids is 2. The number of hydrogen-bond donors (Lipinski definition) is 2. The van der Waals surface area contributed by atoms with Gasteiger partial charge in [0.15, 0.2) is 0 Å². The second-order valence-electron chi connectivity index (χ2n) is 7.77. The Hall–Kier alpha value is -2.71. The molecule has 8 heteroatoms. The van der Waals surface area contributed by atoms with E-state index >= 15 is 0 Å².